The zero-order valence-electron chi connectivity index (χ0n) is 53.1. The van der Waals surface area contributed by atoms with Gasteiger partial charge in [0, 0.05) is 19.3 Å². The second kappa shape index (κ2) is 68.1. The fourth-order valence-electron chi connectivity index (χ4n) is 9.97. The molecule has 0 aliphatic rings. The van der Waals surface area contributed by atoms with Gasteiger partial charge in [-0.2, -0.15) is 0 Å². The van der Waals surface area contributed by atoms with Gasteiger partial charge in [-0.15, -0.1) is 0 Å². The van der Waals surface area contributed by atoms with Crippen molar-refractivity contribution in [2.45, 2.75) is 354 Å². The maximum Gasteiger partial charge on any atom is 0.306 e. The number of esters is 3. The molecule has 0 N–H and O–H groups in total. The molecule has 0 aromatic rings. The Bertz CT molecular complexity index is 1520. The van der Waals surface area contributed by atoms with E-state index in [-0.39, 0.29) is 31.1 Å². The van der Waals surface area contributed by atoms with Gasteiger partial charge in [-0.1, -0.05) is 318 Å². The fourth-order valence-corrected chi connectivity index (χ4v) is 9.97. The topological polar surface area (TPSA) is 78.9 Å². The average Bonchev–Trinajstić information content (AvgIpc) is 3.46. The van der Waals surface area contributed by atoms with Gasteiger partial charge in [0.05, 0.1) is 0 Å². The Kier molecular flexibility index (Phi) is 65.2. The van der Waals surface area contributed by atoms with Crippen molar-refractivity contribution in [2.24, 2.45) is 0 Å². The van der Waals surface area contributed by atoms with Crippen LogP contribution < -0.4 is 0 Å². The van der Waals surface area contributed by atoms with Gasteiger partial charge >= 0.3 is 17.9 Å². The fraction of sp³-hybridized carbons (Fsp3) is 0.770. The van der Waals surface area contributed by atoms with Gasteiger partial charge in [0.1, 0.15) is 13.2 Å². The van der Waals surface area contributed by atoms with Crippen LogP contribution in [-0.4, -0.2) is 37.2 Å². The van der Waals surface area contributed by atoms with E-state index >= 15 is 0 Å². The van der Waals surface area contributed by atoms with Gasteiger partial charge in [-0.25, -0.2) is 0 Å². The Morgan fingerprint density at radius 2 is 0.487 bits per heavy atom. The average molecular weight is 1120 g/mol. The van der Waals surface area contributed by atoms with Crippen LogP contribution >= 0.6 is 0 Å². The number of rotatable bonds is 63. The van der Waals surface area contributed by atoms with Crippen LogP contribution in [0.5, 0.6) is 0 Å². The zero-order chi connectivity index (χ0) is 57.8. The molecule has 0 rings (SSSR count). The van der Waals surface area contributed by atoms with Crippen molar-refractivity contribution in [3.63, 3.8) is 0 Å². The molecule has 0 saturated carbocycles. The Balaban J connectivity index is 4.41. The second-order valence-electron chi connectivity index (χ2n) is 23.1. The van der Waals surface area contributed by atoms with Crippen LogP contribution in [0.1, 0.15) is 348 Å². The molecule has 0 spiro atoms. The summed E-state index contributed by atoms with van der Waals surface area (Å²) in [4.78, 5) is 38.5. The molecule has 462 valence electrons. The number of hydrogen-bond donors (Lipinski definition) is 0. The number of unbranched alkanes of at least 4 members (excludes halogenated alkanes) is 38. The molecule has 0 bridgehead atoms. The summed E-state index contributed by atoms with van der Waals surface area (Å²) >= 11 is 0. The first-order valence-electron chi connectivity index (χ1n) is 34.6. The van der Waals surface area contributed by atoms with Crippen molar-refractivity contribution in [3.05, 3.63) is 85.1 Å². The zero-order valence-corrected chi connectivity index (χ0v) is 53.1. The maximum atomic E-state index is 13.0. The Morgan fingerprint density at radius 3 is 0.775 bits per heavy atom. The van der Waals surface area contributed by atoms with Gasteiger partial charge in [0.2, 0.25) is 0 Å². The van der Waals surface area contributed by atoms with Crippen molar-refractivity contribution in [1.29, 1.82) is 0 Å². The second-order valence-corrected chi connectivity index (χ2v) is 23.1. The van der Waals surface area contributed by atoms with Gasteiger partial charge in [-0.05, 0) is 96.3 Å². The van der Waals surface area contributed by atoms with E-state index in [2.05, 4.69) is 106 Å². The molecule has 6 heteroatoms. The van der Waals surface area contributed by atoms with E-state index in [1.54, 1.807) is 0 Å². The molecule has 6 nitrogen and oxygen atoms in total. The highest BCUT2D eigenvalue weighted by atomic mass is 16.6. The lowest BCUT2D eigenvalue weighted by atomic mass is 10.0. The van der Waals surface area contributed by atoms with Crippen LogP contribution in [0, 0.1) is 0 Å². The van der Waals surface area contributed by atoms with Gasteiger partial charge in [0.15, 0.2) is 6.10 Å². The van der Waals surface area contributed by atoms with E-state index in [0.717, 1.165) is 109 Å². The van der Waals surface area contributed by atoms with E-state index < -0.39 is 6.10 Å². The minimum atomic E-state index is -0.789. The highest BCUT2D eigenvalue weighted by Crippen LogP contribution is 2.17. The first kappa shape index (κ1) is 76.6. The summed E-state index contributed by atoms with van der Waals surface area (Å²) in [5.74, 6) is -0.891. The minimum absolute atomic E-state index is 0.0827. The molecule has 0 saturated heterocycles. The molecule has 0 aliphatic carbocycles. The summed E-state index contributed by atoms with van der Waals surface area (Å²) in [5.41, 5.74) is 0. The van der Waals surface area contributed by atoms with Crippen LogP contribution in [0.25, 0.3) is 0 Å². The molecule has 1 unspecified atom stereocenters. The SMILES string of the molecule is CC/C=C\C/C=C\C/C=C\C/C=C\C/C=C\C/C=C\CCCCCCC(=O)OCC(COC(=O)CCCCCCCCCCC/C=C\CCCCCCCC)OC(=O)CCCCCCCCCCCCCCCCCCCCCC. The first-order chi connectivity index (χ1) is 39.5. The molecule has 0 aromatic carbocycles. The molecule has 0 heterocycles. The van der Waals surface area contributed by atoms with E-state index in [9.17, 15) is 14.4 Å². The number of allylic oxidation sites excluding steroid dienone is 14. The molecule has 0 aliphatic heterocycles. The standard InChI is InChI=1S/C74H130O6/c1-4-7-10-13-16-19-22-25-28-31-34-36-37-38-41-43-46-49-52-55-58-61-64-67-73(76)79-70-71(69-78-72(75)66-63-60-57-54-51-48-45-42-39-33-30-27-24-21-18-15-12-9-6-3)80-74(77)68-65-62-59-56-53-50-47-44-40-35-32-29-26-23-20-17-14-11-8-5-2/h7,10,16,19,25,27-28,30,34,36,38,41,46,49,71H,4-6,8-9,11-15,17-18,20-24,26,29,31-33,35,37,39-40,42-45,47-48,50-70H2,1-3H3/b10-7-,19-16-,28-25-,30-27-,36-34-,41-38-,49-46-. The quantitative estimate of drug-likeness (QED) is 0.0261. The minimum Gasteiger partial charge on any atom is -0.462 e. The van der Waals surface area contributed by atoms with Crippen molar-refractivity contribution >= 4 is 17.9 Å². The van der Waals surface area contributed by atoms with Crippen molar-refractivity contribution < 1.29 is 28.6 Å². The summed E-state index contributed by atoms with van der Waals surface area (Å²) < 4.78 is 17.0. The highest BCUT2D eigenvalue weighted by Gasteiger charge is 2.19. The molecular weight excluding hydrogens is 985 g/mol. The normalized spacial score (nSPS) is 12.6. The van der Waals surface area contributed by atoms with Crippen LogP contribution in [0.4, 0.5) is 0 Å². The molecule has 0 amide bonds. The third-order valence-corrected chi connectivity index (χ3v) is 15.1. The van der Waals surface area contributed by atoms with Crippen LogP contribution in [0.2, 0.25) is 0 Å². The maximum absolute atomic E-state index is 13.0. The summed E-state index contributed by atoms with van der Waals surface area (Å²) in [6.07, 6.45) is 90.2. The predicted molar refractivity (Wildman–Crippen MR) is 348 cm³/mol. The lowest BCUT2D eigenvalue weighted by Gasteiger charge is -2.18. The lowest BCUT2D eigenvalue weighted by molar-refractivity contribution is -0.167. The summed E-state index contributed by atoms with van der Waals surface area (Å²) in [5, 5.41) is 0. The van der Waals surface area contributed by atoms with E-state index in [1.165, 1.54) is 199 Å². The lowest BCUT2D eigenvalue weighted by Crippen LogP contribution is -2.30. The number of hydrogen-bond acceptors (Lipinski definition) is 6. The predicted octanol–water partition coefficient (Wildman–Crippen LogP) is 23.8. The number of ether oxygens (including phenoxy) is 3. The number of carbonyl (C=O) groups excluding carboxylic acids is 3. The third-order valence-electron chi connectivity index (χ3n) is 15.1. The van der Waals surface area contributed by atoms with Crippen LogP contribution in [0.15, 0.2) is 85.1 Å². The molecule has 0 radical (unpaired) electrons. The van der Waals surface area contributed by atoms with Crippen molar-refractivity contribution in [1.82, 2.24) is 0 Å². The molecule has 1 atom stereocenters. The molecule has 0 fully saturated rings. The molecular formula is C74H130O6. The van der Waals surface area contributed by atoms with E-state index in [0.29, 0.717) is 19.3 Å². The monoisotopic (exact) mass is 1110 g/mol. The smallest absolute Gasteiger partial charge is 0.306 e. The Labute approximate surface area is 496 Å². The first-order valence-corrected chi connectivity index (χ1v) is 34.6. The summed E-state index contributed by atoms with van der Waals surface area (Å²) in [6, 6.07) is 0. The van der Waals surface area contributed by atoms with Crippen molar-refractivity contribution in [3.8, 4) is 0 Å². The summed E-state index contributed by atoms with van der Waals surface area (Å²) in [6.45, 7) is 6.55. The van der Waals surface area contributed by atoms with Gasteiger partial charge in [0.25, 0.3) is 0 Å². The summed E-state index contributed by atoms with van der Waals surface area (Å²) in [7, 11) is 0. The van der Waals surface area contributed by atoms with E-state index in [1.807, 2.05) is 0 Å². The largest absolute Gasteiger partial charge is 0.462 e. The van der Waals surface area contributed by atoms with Crippen LogP contribution in [0.3, 0.4) is 0 Å². The van der Waals surface area contributed by atoms with Crippen molar-refractivity contribution in [2.75, 3.05) is 13.2 Å². The van der Waals surface area contributed by atoms with E-state index in [4.69, 9.17) is 14.2 Å². The van der Waals surface area contributed by atoms with Crippen LogP contribution in [-0.2, 0) is 28.6 Å². The third kappa shape index (κ3) is 65.4. The Hall–Kier alpha value is -3.41. The number of carbonyl (C=O) groups is 3. The highest BCUT2D eigenvalue weighted by molar-refractivity contribution is 5.71. The van der Waals surface area contributed by atoms with Gasteiger partial charge in [-0.3, -0.25) is 14.4 Å². The van der Waals surface area contributed by atoms with Gasteiger partial charge < -0.3 is 14.2 Å². The Morgan fingerprint density at radius 1 is 0.263 bits per heavy atom. The molecule has 0 aromatic heterocycles. The molecule has 80 heavy (non-hydrogen) atoms.